The lowest BCUT2D eigenvalue weighted by Gasteiger charge is -2.36. The fourth-order valence-electron chi connectivity index (χ4n) is 2.90. The standard InChI is InChI=1S/C16H24ClNO2/c1-2-12-5-7-16(20,8-6-12)11-18-10-13-3-4-15(19)14(17)9-13/h3-4,9,12,18-20H,2,5-8,10-11H2,1H3. The molecule has 1 fully saturated rings. The first-order chi connectivity index (χ1) is 9.52. The van der Waals surface area contributed by atoms with Gasteiger partial charge >= 0.3 is 0 Å². The van der Waals surface area contributed by atoms with Gasteiger partial charge in [-0.1, -0.05) is 31.0 Å². The maximum atomic E-state index is 10.5. The van der Waals surface area contributed by atoms with E-state index in [1.807, 2.05) is 6.07 Å². The highest BCUT2D eigenvalue weighted by Gasteiger charge is 2.31. The van der Waals surface area contributed by atoms with Crippen LogP contribution in [0.1, 0.15) is 44.6 Å². The van der Waals surface area contributed by atoms with Crippen molar-refractivity contribution in [1.82, 2.24) is 5.32 Å². The second kappa shape index (κ2) is 6.79. The van der Waals surface area contributed by atoms with Crippen LogP contribution in [0, 0.1) is 5.92 Å². The Morgan fingerprint density at radius 2 is 2.05 bits per heavy atom. The van der Waals surface area contributed by atoms with Gasteiger partial charge in [0.15, 0.2) is 0 Å². The smallest absolute Gasteiger partial charge is 0.134 e. The fraction of sp³-hybridized carbons (Fsp3) is 0.625. The van der Waals surface area contributed by atoms with Crippen molar-refractivity contribution in [1.29, 1.82) is 0 Å². The molecule has 1 saturated carbocycles. The summed E-state index contributed by atoms with van der Waals surface area (Å²) in [5, 5.41) is 23.6. The molecule has 2 rings (SSSR count). The van der Waals surface area contributed by atoms with Crippen molar-refractivity contribution >= 4 is 11.6 Å². The molecule has 0 spiro atoms. The fourth-order valence-corrected chi connectivity index (χ4v) is 3.10. The van der Waals surface area contributed by atoms with Gasteiger partial charge < -0.3 is 15.5 Å². The molecule has 3 nitrogen and oxygen atoms in total. The Balaban J connectivity index is 1.79. The molecule has 0 bridgehead atoms. The van der Waals surface area contributed by atoms with E-state index >= 15 is 0 Å². The number of rotatable bonds is 5. The lowest BCUT2D eigenvalue weighted by molar-refractivity contribution is -0.00881. The number of aliphatic hydroxyl groups is 1. The molecule has 4 heteroatoms. The average molecular weight is 298 g/mol. The summed E-state index contributed by atoms with van der Waals surface area (Å²) in [6.07, 6.45) is 5.23. The van der Waals surface area contributed by atoms with E-state index in [1.54, 1.807) is 12.1 Å². The topological polar surface area (TPSA) is 52.5 Å². The minimum absolute atomic E-state index is 0.104. The molecular weight excluding hydrogens is 274 g/mol. The van der Waals surface area contributed by atoms with Crippen molar-refractivity contribution in [3.8, 4) is 5.75 Å². The van der Waals surface area contributed by atoms with Gasteiger partial charge in [0.25, 0.3) is 0 Å². The second-order valence-electron chi connectivity index (χ2n) is 5.97. The number of nitrogens with one attached hydrogen (secondary N) is 1. The van der Waals surface area contributed by atoms with E-state index in [4.69, 9.17) is 11.6 Å². The van der Waals surface area contributed by atoms with Crippen LogP contribution in [-0.4, -0.2) is 22.4 Å². The highest BCUT2D eigenvalue weighted by atomic mass is 35.5. The van der Waals surface area contributed by atoms with Crippen LogP contribution in [0.3, 0.4) is 0 Å². The van der Waals surface area contributed by atoms with E-state index < -0.39 is 5.60 Å². The zero-order chi connectivity index (χ0) is 14.6. The van der Waals surface area contributed by atoms with E-state index in [2.05, 4.69) is 12.2 Å². The molecule has 1 aromatic carbocycles. The number of phenolic OH excluding ortho intramolecular Hbond substituents is 1. The molecule has 1 aliphatic rings. The Labute approximate surface area is 126 Å². The van der Waals surface area contributed by atoms with Crippen LogP contribution in [0.2, 0.25) is 5.02 Å². The van der Waals surface area contributed by atoms with E-state index in [0.29, 0.717) is 18.1 Å². The van der Waals surface area contributed by atoms with Gasteiger partial charge in [0.2, 0.25) is 0 Å². The van der Waals surface area contributed by atoms with Gasteiger partial charge in [-0.25, -0.2) is 0 Å². The zero-order valence-electron chi connectivity index (χ0n) is 12.0. The van der Waals surface area contributed by atoms with Crippen molar-refractivity contribution in [3.05, 3.63) is 28.8 Å². The van der Waals surface area contributed by atoms with Crippen LogP contribution in [0.25, 0.3) is 0 Å². The Hall–Kier alpha value is -0.770. The Kier molecular flexibility index (Phi) is 5.30. The number of halogens is 1. The number of benzene rings is 1. The molecule has 1 aromatic rings. The molecule has 3 N–H and O–H groups in total. The molecule has 0 amide bonds. The Morgan fingerprint density at radius 1 is 1.35 bits per heavy atom. The summed E-state index contributed by atoms with van der Waals surface area (Å²) >= 11 is 5.87. The molecule has 1 aliphatic carbocycles. The summed E-state index contributed by atoms with van der Waals surface area (Å²) in [6, 6.07) is 5.19. The third-order valence-corrected chi connectivity index (χ3v) is 4.71. The highest BCUT2D eigenvalue weighted by Crippen LogP contribution is 2.33. The van der Waals surface area contributed by atoms with Gasteiger partial charge in [0, 0.05) is 13.1 Å². The average Bonchev–Trinajstić information content (AvgIpc) is 2.44. The molecular formula is C16H24ClNO2. The van der Waals surface area contributed by atoms with Crippen molar-refractivity contribution in [2.75, 3.05) is 6.54 Å². The monoisotopic (exact) mass is 297 g/mol. The minimum atomic E-state index is -0.563. The first-order valence-corrected chi connectivity index (χ1v) is 7.81. The van der Waals surface area contributed by atoms with Crippen LogP contribution in [0.5, 0.6) is 5.75 Å². The van der Waals surface area contributed by atoms with E-state index in [1.165, 1.54) is 6.42 Å². The highest BCUT2D eigenvalue weighted by molar-refractivity contribution is 6.32. The molecule has 0 radical (unpaired) electrons. The SMILES string of the molecule is CCC1CCC(O)(CNCc2ccc(O)c(Cl)c2)CC1. The lowest BCUT2D eigenvalue weighted by atomic mass is 9.78. The van der Waals surface area contributed by atoms with Gasteiger partial charge in [-0.3, -0.25) is 0 Å². The van der Waals surface area contributed by atoms with Crippen molar-refractivity contribution < 1.29 is 10.2 Å². The first kappa shape index (κ1) is 15.6. The maximum absolute atomic E-state index is 10.5. The lowest BCUT2D eigenvalue weighted by Crippen LogP contribution is -2.43. The van der Waals surface area contributed by atoms with Crippen LogP contribution in [-0.2, 0) is 6.54 Å². The third kappa shape index (κ3) is 4.11. The predicted octanol–water partition coefficient (Wildman–Crippen LogP) is 3.47. The van der Waals surface area contributed by atoms with Crippen LogP contribution >= 0.6 is 11.6 Å². The molecule has 0 saturated heterocycles. The maximum Gasteiger partial charge on any atom is 0.134 e. The van der Waals surface area contributed by atoms with Gasteiger partial charge in [0.1, 0.15) is 5.75 Å². The quantitative estimate of drug-likeness (QED) is 0.780. The zero-order valence-corrected chi connectivity index (χ0v) is 12.8. The van der Waals surface area contributed by atoms with Crippen LogP contribution in [0.4, 0.5) is 0 Å². The summed E-state index contributed by atoms with van der Waals surface area (Å²) in [4.78, 5) is 0. The summed E-state index contributed by atoms with van der Waals surface area (Å²) in [6.45, 7) is 3.49. The van der Waals surface area contributed by atoms with Gasteiger partial charge in [-0.2, -0.15) is 0 Å². The molecule has 20 heavy (non-hydrogen) atoms. The predicted molar refractivity (Wildman–Crippen MR) is 82.0 cm³/mol. The summed E-state index contributed by atoms with van der Waals surface area (Å²) in [5.74, 6) is 0.887. The van der Waals surface area contributed by atoms with Crippen LogP contribution < -0.4 is 5.32 Å². The van der Waals surface area contributed by atoms with E-state index in [0.717, 1.165) is 37.2 Å². The third-order valence-electron chi connectivity index (χ3n) is 4.41. The molecule has 0 atom stereocenters. The molecule has 112 valence electrons. The number of phenols is 1. The summed E-state index contributed by atoms with van der Waals surface area (Å²) in [5.41, 5.74) is 0.450. The van der Waals surface area contributed by atoms with Crippen LogP contribution in [0.15, 0.2) is 18.2 Å². The minimum Gasteiger partial charge on any atom is -0.506 e. The van der Waals surface area contributed by atoms with Gasteiger partial charge in [-0.15, -0.1) is 0 Å². The van der Waals surface area contributed by atoms with E-state index in [-0.39, 0.29) is 5.75 Å². The molecule has 0 aromatic heterocycles. The molecule has 0 heterocycles. The number of hydrogen-bond donors (Lipinski definition) is 3. The normalized spacial score (nSPS) is 26.6. The Morgan fingerprint density at radius 3 is 2.65 bits per heavy atom. The molecule has 0 unspecified atom stereocenters. The number of aromatic hydroxyl groups is 1. The van der Waals surface area contributed by atoms with Gasteiger partial charge in [0.05, 0.1) is 10.6 Å². The van der Waals surface area contributed by atoms with Crippen molar-refractivity contribution in [2.24, 2.45) is 5.92 Å². The second-order valence-corrected chi connectivity index (χ2v) is 6.37. The number of hydrogen-bond acceptors (Lipinski definition) is 3. The molecule has 0 aliphatic heterocycles. The van der Waals surface area contributed by atoms with Gasteiger partial charge in [-0.05, 0) is 49.3 Å². The summed E-state index contributed by atoms with van der Waals surface area (Å²) < 4.78 is 0. The van der Waals surface area contributed by atoms with Crippen molar-refractivity contribution in [2.45, 2.75) is 51.2 Å². The largest absolute Gasteiger partial charge is 0.506 e. The van der Waals surface area contributed by atoms with E-state index in [9.17, 15) is 10.2 Å². The first-order valence-electron chi connectivity index (χ1n) is 7.43. The van der Waals surface area contributed by atoms with Crippen molar-refractivity contribution in [3.63, 3.8) is 0 Å². The Bertz CT molecular complexity index is 442. The summed E-state index contributed by atoms with van der Waals surface area (Å²) in [7, 11) is 0.